The number of benzene rings is 2. The van der Waals surface area contributed by atoms with Gasteiger partial charge < -0.3 is 15.4 Å². The van der Waals surface area contributed by atoms with Crippen LogP contribution in [0.4, 0.5) is 0 Å². The molecule has 0 heterocycles. The van der Waals surface area contributed by atoms with Gasteiger partial charge in [-0.3, -0.25) is 14.4 Å². The summed E-state index contributed by atoms with van der Waals surface area (Å²) in [6.45, 7) is 3.10. The zero-order valence-electron chi connectivity index (χ0n) is 16.2. The molecule has 0 saturated heterocycles. The minimum Gasteiger partial charge on any atom is -0.456 e. The number of hydrogen-bond donors (Lipinski definition) is 2. The number of amides is 2. The topological polar surface area (TPSA) is 84.5 Å². The van der Waals surface area contributed by atoms with Crippen molar-refractivity contribution in [2.75, 3.05) is 13.2 Å². The molecule has 2 amide bonds. The lowest BCUT2D eigenvalue weighted by Gasteiger charge is -2.17. The minimum atomic E-state index is -0.511. The van der Waals surface area contributed by atoms with E-state index in [4.69, 9.17) is 4.74 Å². The van der Waals surface area contributed by atoms with E-state index < -0.39 is 18.5 Å². The maximum absolute atomic E-state index is 12.3. The van der Waals surface area contributed by atoms with Gasteiger partial charge in [-0.25, -0.2) is 0 Å². The molecular weight excluding hydrogens is 356 g/mol. The molecule has 0 saturated carbocycles. The Morgan fingerprint density at radius 3 is 1.89 bits per heavy atom. The molecule has 0 spiro atoms. The highest BCUT2D eigenvalue weighted by atomic mass is 16.5. The fourth-order valence-electron chi connectivity index (χ4n) is 2.77. The van der Waals surface area contributed by atoms with E-state index >= 15 is 0 Å². The molecule has 0 fully saturated rings. The van der Waals surface area contributed by atoms with Crippen LogP contribution < -0.4 is 10.6 Å². The van der Waals surface area contributed by atoms with Gasteiger partial charge in [-0.05, 0) is 25.0 Å². The number of nitrogens with one attached hydrogen (secondary N) is 2. The van der Waals surface area contributed by atoms with Gasteiger partial charge in [0, 0.05) is 12.0 Å². The van der Waals surface area contributed by atoms with E-state index in [1.807, 2.05) is 74.5 Å². The van der Waals surface area contributed by atoms with Gasteiger partial charge in [-0.2, -0.15) is 0 Å². The quantitative estimate of drug-likeness (QED) is 0.652. The van der Waals surface area contributed by atoms with Crippen LogP contribution in [0, 0.1) is 0 Å². The highest BCUT2D eigenvalue weighted by Crippen LogP contribution is 2.28. The zero-order chi connectivity index (χ0) is 20.4. The fraction of sp³-hybridized carbons (Fsp3) is 0.318. The van der Waals surface area contributed by atoms with Crippen molar-refractivity contribution in [3.8, 4) is 0 Å². The van der Waals surface area contributed by atoms with Crippen molar-refractivity contribution >= 4 is 17.8 Å². The molecule has 2 N–H and O–H groups in total. The third-order valence-corrected chi connectivity index (χ3v) is 4.03. The summed E-state index contributed by atoms with van der Waals surface area (Å²) >= 11 is 0. The van der Waals surface area contributed by atoms with Crippen LogP contribution in [0.15, 0.2) is 60.7 Å². The number of carbonyl (C=O) groups is 3. The van der Waals surface area contributed by atoms with Crippen LogP contribution >= 0.6 is 0 Å². The summed E-state index contributed by atoms with van der Waals surface area (Å²) in [6, 6.07) is 19.4. The largest absolute Gasteiger partial charge is 0.456 e. The Balaban J connectivity index is 1.88. The number of esters is 1. The van der Waals surface area contributed by atoms with Crippen LogP contribution in [0.1, 0.15) is 37.3 Å². The Labute approximate surface area is 165 Å². The van der Waals surface area contributed by atoms with Crippen molar-refractivity contribution in [3.05, 3.63) is 71.8 Å². The van der Waals surface area contributed by atoms with Crippen molar-refractivity contribution < 1.29 is 19.1 Å². The van der Waals surface area contributed by atoms with E-state index in [1.54, 1.807) is 0 Å². The lowest BCUT2D eigenvalue weighted by molar-refractivity contribution is -0.148. The first kappa shape index (κ1) is 21.2. The Hall–Kier alpha value is -3.15. The summed E-state index contributed by atoms with van der Waals surface area (Å²) in [6.07, 6.45) is 0.120. The molecular formula is C22H26N2O4. The second kappa shape index (κ2) is 10.9. The van der Waals surface area contributed by atoms with Gasteiger partial charge in [0.1, 0.15) is 0 Å². The van der Waals surface area contributed by atoms with Gasteiger partial charge in [0.05, 0.1) is 13.0 Å². The third-order valence-electron chi connectivity index (χ3n) is 4.03. The van der Waals surface area contributed by atoms with E-state index in [0.717, 1.165) is 11.1 Å². The minimum absolute atomic E-state index is 0.00450. The molecule has 0 bridgehead atoms. The number of rotatable bonds is 9. The molecule has 2 aromatic carbocycles. The van der Waals surface area contributed by atoms with Gasteiger partial charge >= 0.3 is 5.97 Å². The first-order valence-corrected chi connectivity index (χ1v) is 9.27. The van der Waals surface area contributed by atoms with Gasteiger partial charge in [0.2, 0.25) is 5.91 Å². The summed E-state index contributed by atoms with van der Waals surface area (Å²) < 4.78 is 5.11. The molecule has 2 aromatic rings. The molecule has 6 heteroatoms. The Bertz CT molecular complexity index is 736. The predicted octanol–water partition coefficient (Wildman–Crippen LogP) is 2.39. The Morgan fingerprint density at radius 2 is 1.39 bits per heavy atom. The van der Waals surface area contributed by atoms with Gasteiger partial charge in [-0.15, -0.1) is 0 Å². The first-order valence-electron chi connectivity index (χ1n) is 9.27. The van der Waals surface area contributed by atoms with Crippen LogP contribution in [-0.2, 0) is 19.1 Å². The van der Waals surface area contributed by atoms with Crippen LogP contribution in [0.25, 0.3) is 0 Å². The Morgan fingerprint density at radius 1 is 0.857 bits per heavy atom. The van der Waals surface area contributed by atoms with Crippen LogP contribution in [0.5, 0.6) is 0 Å². The molecule has 0 atom stereocenters. The summed E-state index contributed by atoms with van der Waals surface area (Å²) in [5.41, 5.74) is 2.00. The highest BCUT2D eigenvalue weighted by molar-refractivity contribution is 5.86. The molecule has 0 unspecified atom stereocenters. The SMILES string of the molecule is CC(C)NC(=O)CNC(=O)COC(=O)CC(c1ccccc1)c1ccccc1. The van der Waals surface area contributed by atoms with Crippen molar-refractivity contribution in [1.82, 2.24) is 10.6 Å². The van der Waals surface area contributed by atoms with Crippen molar-refractivity contribution in [1.29, 1.82) is 0 Å². The van der Waals surface area contributed by atoms with E-state index in [-0.39, 0.29) is 30.8 Å². The lowest BCUT2D eigenvalue weighted by atomic mass is 9.89. The van der Waals surface area contributed by atoms with Crippen molar-refractivity contribution in [3.63, 3.8) is 0 Å². The van der Waals surface area contributed by atoms with Gasteiger partial charge in [-0.1, -0.05) is 60.7 Å². The monoisotopic (exact) mass is 382 g/mol. The maximum atomic E-state index is 12.3. The molecule has 2 rings (SSSR count). The van der Waals surface area contributed by atoms with Crippen LogP contribution in [0.3, 0.4) is 0 Å². The molecule has 148 valence electrons. The number of hydrogen-bond acceptors (Lipinski definition) is 4. The second-order valence-electron chi connectivity index (χ2n) is 6.74. The third kappa shape index (κ3) is 7.23. The molecule has 0 aliphatic rings. The smallest absolute Gasteiger partial charge is 0.307 e. The first-order chi connectivity index (χ1) is 13.5. The molecule has 0 aromatic heterocycles. The summed E-state index contributed by atoms with van der Waals surface area (Å²) in [7, 11) is 0. The second-order valence-corrected chi connectivity index (χ2v) is 6.74. The normalized spacial score (nSPS) is 10.6. The summed E-state index contributed by atoms with van der Waals surface area (Å²) in [5.74, 6) is -1.43. The highest BCUT2D eigenvalue weighted by Gasteiger charge is 2.19. The molecule has 6 nitrogen and oxygen atoms in total. The van der Waals surface area contributed by atoms with Crippen LogP contribution in [-0.4, -0.2) is 37.0 Å². The predicted molar refractivity (Wildman–Crippen MR) is 107 cm³/mol. The van der Waals surface area contributed by atoms with E-state index in [2.05, 4.69) is 10.6 Å². The van der Waals surface area contributed by atoms with Gasteiger partial charge in [0.15, 0.2) is 6.61 Å². The Kier molecular flexibility index (Phi) is 8.21. The zero-order valence-corrected chi connectivity index (χ0v) is 16.2. The number of carbonyl (C=O) groups excluding carboxylic acids is 3. The average Bonchev–Trinajstić information content (AvgIpc) is 2.69. The average molecular weight is 382 g/mol. The lowest BCUT2D eigenvalue weighted by Crippen LogP contribution is -2.41. The number of ether oxygens (including phenoxy) is 1. The standard InChI is InChI=1S/C22H26N2O4/c1-16(2)24-20(25)14-23-21(26)15-28-22(27)13-19(17-9-5-3-6-10-17)18-11-7-4-8-12-18/h3-12,16,19H,13-15H2,1-2H3,(H,23,26)(H,24,25). The summed E-state index contributed by atoms with van der Waals surface area (Å²) in [4.78, 5) is 35.6. The van der Waals surface area contributed by atoms with E-state index in [9.17, 15) is 14.4 Å². The van der Waals surface area contributed by atoms with Crippen molar-refractivity contribution in [2.45, 2.75) is 32.2 Å². The fourth-order valence-corrected chi connectivity index (χ4v) is 2.77. The van der Waals surface area contributed by atoms with E-state index in [0.29, 0.717) is 0 Å². The molecule has 0 aliphatic carbocycles. The van der Waals surface area contributed by atoms with Gasteiger partial charge in [0.25, 0.3) is 5.91 Å². The maximum Gasteiger partial charge on any atom is 0.307 e. The molecule has 0 aliphatic heterocycles. The van der Waals surface area contributed by atoms with Crippen molar-refractivity contribution in [2.24, 2.45) is 0 Å². The molecule has 0 radical (unpaired) electrons. The van der Waals surface area contributed by atoms with E-state index in [1.165, 1.54) is 0 Å². The van der Waals surface area contributed by atoms with Crippen LogP contribution in [0.2, 0.25) is 0 Å². The summed E-state index contributed by atoms with van der Waals surface area (Å²) in [5, 5.41) is 5.10. The molecule has 28 heavy (non-hydrogen) atoms.